The first-order chi connectivity index (χ1) is 13.2. The number of aromatic nitrogens is 1. The predicted molar refractivity (Wildman–Crippen MR) is 103 cm³/mol. The second-order valence-electron chi connectivity index (χ2n) is 7.70. The first-order valence-corrected chi connectivity index (χ1v) is 9.76. The van der Waals surface area contributed by atoms with Gasteiger partial charge in [-0.3, -0.25) is 0 Å². The molecule has 1 saturated carbocycles. The Bertz CT molecular complexity index is 848. The average molecular weight is 364 g/mol. The van der Waals surface area contributed by atoms with Crippen molar-refractivity contribution in [1.82, 2.24) is 15.2 Å². The maximum Gasteiger partial charge on any atom is 0.321 e. The van der Waals surface area contributed by atoms with E-state index >= 15 is 0 Å². The molecule has 2 amide bonds. The van der Waals surface area contributed by atoms with Crippen LogP contribution in [0.5, 0.6) is 5.88 Å². The zero-order valence-electron chi connectivity index (χ0n) is 15.3. The van der Waals surface area contributed by atoms with Gasteiger partial charge >= 0.3 is 6.03 Å². The molecule has 1 saturated heterocycles. The zero-order valence-corrected chi connectivity index (χ0v) is 15.3. The average Bonchev–Trinajstić information content (AvgIpc) is 3.24. The highest BCUT2D eigenvalue weighted by molar-refractivity contribution is 5.89. The molecule has 3 heterocycles. The van der Waals surface area contributed by atoms with Crippen molar-refractivity contribution in [2.75, 3.05) is 18.4 Å². The van der Waals surface area contributed by atoms with E-state index in [0.29, 0.717) is 24.9 Å². The van der Waals surface area contributed by atoms with Crippen LogP contribution in [0, 0.1) is 0 Å². The fourth-order valence-electron chi connectivity index (χ4n) is 3.87. The van der Waals surface area contributed by atoms with Crippen LogP contribution in [0.4, 0.5) is 10.5 Å². The first kappa shape index (κ1) is 16.6. The van der Waals surface area contributed by atoms with Crippen LogP contribution in [0.1, 0.15) is 41.9 Å². The fraction of sp³-hybridized carbons (Fsp3) is 0.429. The van der Waals surface area contributed by atoms with E-state index in [-0.39, 0.29) is 12.1 Å². The lowest BCUT2D eigenvalue weighted by atomic mass is 10.1. The number of benzene rings is 1. The van der Waals surface area contributed by atoms with Gasteiger partial charge in [-0.15, -0.1) is 0 Å². The zero-order chi connectivity index (χ0) is 18.2. The highest BCUT2D eigenvalue weighted by atomic mass is 16.5. The van der Waals surface area contributed by atoms with Gasteiger partial charge in [0.05, 0.1) is 6.54 Å². The molecule has 1 atom stereocenters. The van der Waals surface area contributed by atoms with Crippen molar-refractivity contribution in [3.05, 3.63) is 53.2 Å². The minimum Gasteiger partial charge on any atom is -0.472 e. The molecule has 27 heavy (non-hydrogen) atoms. The number of hydrogen-bond donors (Lipinski definition) is 2. The number of pyridine rings is 1. The molecule has 1 aliphatic carbocycles. The van der Waals surface area contributed by atoms with E-state index in [4.69, 9.17) is 4.74 Å². The van der Waals surface area contributed by atoms with E-state index in [1.807, 2.05) is 23.2 Å². The van der Waals surface area contributed by atoms with Crippen LogP contribution in [0.2, 0.25) is 0 Å². The summed E-state index contributed by atoms with van der Waals surface area (Å²) in [5, 5.41) is 6.33. The summed E-state index contributed by atoms with van der Waals surface area (Å²) in [7, 11) is 0. The maximum atomic E-state index is 12.6. The number of nitrogens with zero attached hydrogens (tertiary/aromatic N) is 2. The molecule has 2 aliphatic heterocycles. The predicted octanol–water partition coefficient (Wildman–Crippen LogP) is 3.25. The molecule has 3 aliphatic rings. The Hall–Kier alpha value is -2.60. The maximum absolute atomic E-state index is 12.6. The standard InChI is InChI=1S/C21H24N4O2/c26-21(24-18-5-3-15-10-22-11-17(15)9-18)25-8-7-19(13-25)27-20-6-4-16(12-23-20)14-1-2-14/h3-6,9,12,14,19,22H,1-2,7-8,10-11,13H2,(H,24,26)/t19-/m0/s1. The van der Waals surface area contributed by atoms with E-state index < -0.39 is 0 Å². The summed E-state index contributed by atoms with van der Waals surface area (Å²) < 4.78 is 5.98. The molecule has 0 spiro atoms. The van der Waals surface area contributed by atoms with Crippen molar-refractivity contribution in [2.45, 2.75) is 44.4 Å². The number of anilines is 1. The summed E-state index contributed by atoms with van der Waals surface area (Å²) in [4.78, 5) is 18.8. The monoisotopic (exact) mass is 364 g/mol. The minimum absolute atomic E-state index is 0.000699. The van der Waals surface area contributed by atoms with E-state index in [9.17, 15) is 4.79 Å². The molecule has 140 valence electrons. The summed E-state index contributed by atoms with van der Waals surface area (Å²) in [6, 6.07) is 10.1. The summed E-state index contributed by atoms with van der Waals surface area (Å²) in [5.74, 6) is 1.35. The number of ether oxygens (including phenoxy) is 1. The highest BCUT2D eigenvalue weighted by Gasteiger charge is 2.28. The third kappa shape index (κ3) is 3.62. The smallest absolute Gasteiger partial charge is 0.321 e. The molecule has 6 nitrogen and oxygen atoms in total. The van der Waals surface area contributed by atoms with E-state index in [0.717, 1.165) is 25.2 Å². The molecule has 1 aromatic carbocycles. The Morgan fingerprint density at radius 2 is 2.04 bits per heavy atom. The van der Waals surface area contributed by atoms with E-state index in [2.05, 4.69) is 33.8 Å². The lowest BCUT2D eigenvalue weighted by Gasteiger charge is -2.18. The molecule has 2 aromatic rings. The Labute approximate surface area is 158 Å². The lowest BCUT2D eigenvalue weighted by molar-refractivity contribution is 0.190. The van der Waals surface area contributed by atoms with Crippen molar-refractivity contribution in [2.24, 2.45) is 0 Å². The second kappa shape index (κ2) is 6.85. The fourth-order valence-corrected chi connectivity index (χ4v) is 3.87. The summed E-state index contributed by atoms with van der Waals surface area (Å²) >= 11 is 0. The Kier molecular flexibility index (Phi) is 4.20. The first-order valence-electron chi connectivity index (χ1n) is 9.76. The van der Waals surface area contributed by atoms with Crippen LogP contribution in [0.25, 0.3) is 0 Å². The molecule has 0 unspecified atom stereocenters. The van der Waals surface area contributed by atoms with E-state index in [1.54, 1.807) is 0 Å². The molecular weight excluding hydrogens is 340 g/mol. The van der Waals surface area contributed by atoms with Crippen molar-refractivity contribution in [3.8, 4) is 5.88 Å². The van der Waals surface area contributed by atoms with Crippen molar-refractivity contribution in [1.29, 1.82) is 0 Å². The number of urea groups is 1. The minimum atomic E-state index is -0.0657. The number of likely N-dealkylation sites (tertiary alicyclic amines) is 1. The van der Waals surface area contributed by atoms with Gasteiger partial charge in [0.15, 0.2) is 0 Å². The molecule has 0 radical (unpaired) electrons. The summed E-state index contributed by atoms with van der Waals surface area (Å²) in [5.41, 5.74) is 4.72. The highest BCUT2D eigenvalue weighted by Crippen LogP contribution is 2.39. The molecule has 2 N–H and O–H groups in total. The number of fused-ring (bicyclic) bond motifs is 1. The molecule has 2 fully saturated rings. The van der Waals surface area contributed by atoms with Gasteiger partial charge < -0.3 is 20.3 Å². The van der Waals surface area contributed by atoms with Crippen LogP contribution in [-0.4, -0.2) is 35.1 Å². The van der Waals surface area contributed by atoms with Crippen LogP contribution in [-0.2, 0) is 13.1 Å². The van der Waals surface area contributed by atoms with Gasteiger partial charge in [0.1, 0.15) is 6.10 Å². The number of carbonyl (C=O) groups excluding carboxylic acids is 1. The van der Waals surface area contributed by atoms with Gasteiger partial charge in [-0.25, -0.2) is 9.78 Å². The lowest BCUT2D eigenvalue weighted by Crippen LogP contribution is -2.34. The summed E-state index contributed by atoms with van der Waals surface area (Å²) in [6.07, 6.45) is 5.30. The largest absolute Gasteiger partial charge is 0.472 e. The Morgan fingerprint density at radius 3 is 2.85 bits per heavy atom. The third-order valence-electron chi connectivity index (χ3n) is 5.62. The van der Waals surface area contributed by atoms with Crippen molar-refractivity contribution < 1.29 is 9.53 Å². The Morgan fingerprint density at radius 1 is 1.15 bits per heavy atom. The van der Waals surface area contributed by atoms with Gasteiger partial charge in [0.25, 0.3) is 0 Å². The number of hydrogen-bond acceptors (Lipinski definition) is 4. The summed E-state index contributed by atoms with van der Waals surface area (Å²) in [6.45, 7) is 3.06. The molecule has 0 bridgehead atoms. The van der Waals surface area contributed by atoms with Crippen molar-refractivity contribution >= 4 is 11.7 Å². The Balaban J connectivity index is 1.16. The number of nitrogens with one attached hydrogen (secondary N) is 2. The SMILES string of the molecule is O=C(Nc1ccc2c(c1)CNC2)N1CC[C@H](Oc2ccc(C3CC3)cn2)C1. The van der Waals surface area contributed by atoms with E-state index in [1.165, 1.54) is 29.5 Å². The molecule has 6 heteroatoms. The van der Waals surface area contributed by atoms with Crippen LogP contribution in [0.3, 0.4) is 0 Å². The van der Waals surface area contributed by atoms with Gasteiger partial charge in [-0.1, -0.05) is 12.1 Å². The van der Waals surface area contributed by atoms with Gasteiger partial charge in [0.2, 0.25) is 5.88 Å². The number of rotatable bonds is 4. The third-order valence-corrected chi connectivity index (χ3v) is 5.62. The van der Waals surface area contributed by atoms with Gasteiger partial charge in [0, 0.05) is 44.0 Å². The van der Waals surface area contributed by atoms with Crippen LogP contribution in [0.15, 0.2) is 36.5 Å². The van der Waals surface area contributed by atoms with Gasteiger partial charge in [-0.05, 0) is 47.6 Å². The topological polar surface area (TPSA) is 66.5 Å². The van der Waals surface area contributed by atoms with Crippen molar-refractivity contribution in [3.63, 3.8) is 0 Å². The molecule has 5 rings (SSSR count). The number of carbonyl (C=O) groups is 1. The van der Waals surface area contributed by atoms with Gasteiger partial charge in [-0.2, -0.15) is 0 Å². The van der Waals surface area contributed by atoms with Crippen LogP contribution >= 0.6 is 0 Å². The molecule has 1 aromatic heterocycles. The van der Waals surface area contributed by atoms with Crippen LogP contribution < -0.4 is 15.4 Å². The molecular formula is C21H24N4O2. The quantitative estimate of drug-likeness (QED) is 0.874. The number of amides is 2. The normalized spacial score (nSPS) is 21.2. The second-order valence-corrected chi connectivity index (χ2v) is 7.70.